The van der Waals surface area contributed by atoms with Gasteiger partial charge in [-0.3, -0.25) is 9.48 Å². The Hall–Kier alpha value is -3.89. The maximum atomic E-state index is 13.3. The highest BCUT2D eigenvalue weighted by Crippen LogP contribution is 2.34. The Morgan fingerprint density at radius 2 is 1.86 bits per heavy atom. The van der Waals surface area contributed by atoms with E-state index in [1.807, 2.05) is 92.5 Å². The number of nitrogens with zero attached hydrogens (tertiary/aromatic N) is 5. The van der Waals surface area contributed by atoms with Crippen molar-refractivity contribution in [3.63, 3.8) is 0 Å². The normalized spacial score (nSPS) is 15.8. The highest BCUT2D eigenvalue weighted by Gasteiger charge is 2.25. The van der Waals surface area contributed by atoms with Crippen molar-refractivity contribution >= 4 is 46.8 Å². The fraction of sp³-hybridized carbons (Fsp3) is 0.412. The molecule has 0 spiro atoms. The topological polar surface area (TPSA) is 94.3 Å². The Morgan fingerprint density at radius 3 is 2.64 bits per heavy atom. The van der Waals surface area contributed by atoms with E-state index >= 15 is 0 Å². The van der Waals surface area contributed by atoms with Gasteiger partial charge in [0, 0.05) is 39.5 Å². The van der Waals surface area contributed by atoms with E-state index in [4.69, 9.17) is 4.74 Å². The molecule has 1 aliphatic heterocycles. The molecule has 0 radical (unpaired) electrons. The van der Waals surface area contributed by atoms with Crippen molar-refractivity contribution in [1.82, 2.24) is 29.8 Å². The summed E-state index contributed by atoms with van der Waals surface area (Å²) in [6.07, 6.45) is 13.0. The van der Waals surface area contributed by atoms with E-state index in [0.29, 0.717) is 16.8 Å². The van der Waals surface area contributed by atoms with Gasteiger partial charge in [-0.05, 0) is 115 Å². The number of rotatable bonds is 10. The fourth-order valence-corrected chi connectivity index (χ4v) is 6.31. The van der Waals surface area contributed by atoms with Crippen LogP contribution < -0.4 is 5.32 Å². The molecule has 10 heteroatoms. The van der Waals surface area contributed by atoms with E-state index in [9.17, 15) is 9.59 Å². The van der Waals surface area contributed by atoms with Crippen LogP contribution in [-0.2, 0) is 11.3 Å². The second-order valence-corrected chi connectivity index (χ2v) is 13.7. The number of aryl methyl sites for hydroxylation is 1. The van der Waals surface area contributed by atoms with E-state index in [0.717, 1.165) is 53.1 Å². The number of carbonyl (C=O) groups is 2. The van der Waals surface area contributed by atoms with Crippen molar-refractivity contribution in [3.05, 3.63) is 71.7 Å². The van der Waals surface area contributed by atoms with Crippen molar-refractivity contribution in [2.45, 2.75) is 80.9 Å². The largest absolute Gasteiger partial charge is 0.442 e. The molecule has 6 rings (SSSR count). The Morgan fingerprint density at radius 1 is 1.07 bits per heavy atom. The average Bonchev–Trinajstić information content (AvgIpc) is 3.34. The number of likely N-dealkylation sites (tertiary alicyclic amines) is 1. The Balaban J connectivity index is 1.23. The molecule has 2 aromatic heterocycles. The zero-order valence-corrected chi connectivity index (χ0v) is 26.5. The molecule has 2 fully saturated rings. The van der Waals surface area contributed by atoms with E-state index in [1.54, 1.807) is 0 Å². The molecule has 0 unspecified atom stereocenters. The maximum absolute atomic E-state index is 13.3. The van der Waals surface area contributed by atoms with Crippen LogP contribution in [0.1, 0.15) is 74.5 Å². The number of benzene rings is 2. The van der Waals surface area contributed by atoms with Crippen LogP contribution in [0.2, 0.25) is 0 Å². The van der Waals surface area contributed by atoms with Gasteiger partial charge in [-0.2, -0.15) is 14.9 Å². The summed E-state index contributed by atoms with van der Waals surface area (Å²) in [4.78, 5) is 30.4. The van der Waals surface area contributed by atoms with Crippen LogP contribution >= 0.6 is 11.8 Å². The van der Waals surface area contributed by atoms with Crippen LogP contribution in [0, 0.1) is 0 Å². The van der Waals surface area contributed by atoms with Crippen molar-refractivity contribution in [2.24, 2.45) is 0 Å². The summed E-state index contributed by atoms with van der Waals surface area (Å²) in [7, 11) is 0. The second-order valence-electron chi connectivity index (χ2n) is 12.6. The molecular weight excluding hydrogens is 572 g/mol. The summed E-state index contributed by atoms with van der Waals surface area (Å²) in [6.45, 7) is 9.93. The molecule has 3 heterocycles. The number of nitrogens with one attached hydrogen (secondary N) is 1. The zero-order chi connectivity index (χ0) is 30.7. The first-order chi connectivity index (χ1) is 21.2. The van der Waals surface area contributed by atoms with E-state index in [-0.39, 0.29) is 11.9 Å². The van der Waals surface area contributed by atoms with Gasteiger partial charge in [-0.1, -0.05) is 23.9 Å². The Kier molecular flexibility index (Phi) is 8.91. The predicted molar refractivity (Wildman–Crippen MR) is 174 cm³/mol. The highest BCUT2D eigenvalue weighted by atomic mass is 32.2. The van der Waals surface area contributed by atoms with E-state index < -0.39 is 11.7 Å². The smallest absolute Gasteiger partial charge is 0.435 e. The molecule has 0 bridgehead atoms. The van der Waals surface area contributed by atoms with Crippen LogP contribution in [-0.4, -0.2) is 67.7 Å². The molecule has 0 atom stereocenters. The van der Waals surface area contributed by atoms with Gasteiger partial charge < -0.3 is 15.0 Å². The van der Waals surface area contributed by atoms with Gasteiger partial charge in [0.1, 0.15) is 5.60 Å². The van der Waals surface area contributed by atoms with Gasteiger partial charge in [-0.25, -0.2) is 4.79 Å². The molecule has 1 aliphatic carbocycles. The summed E-state index contributed by atoms with van der Waals surface area (Å²) < 4.78 is 9.01. The van der Waals surface area contributed by atoms with Crippen molar-refractivity contribution in [1.29, 1.82) is 0 Å². The fourth-order valence-electron chi connectivity index (χ4n) is 5.34. The summed E-state index contributed by atoms with van der Waals surface area (Å²) in [5.74, 6) is -0.0576. The van der Waals surface area contributed by atoms with Gasteiger partial charge in [0.05, 0.1) is 23.0 Å². The van der Waals surface area contributed by atoms with E-state index in [1.165, 1.54) is 42.4 Å². The van der Waals surface area contributed by atoms with Gasteiger partial charge in [0.2, 0.25) is 0 Å². The van der Waals surface area contributed by atoms with Crippen LogP contribution in [0.4, 0.5) is 4.79 Å². The highest BCUT2D eigenvalue weighted by molar-refractivity contribution is 7.99. The molecule has 1 amide bonds. The lowest BCUT2D eigenvalue weighted by Crippen LogP contribution is -2.27. The standard InChI is InChI=1S/C34H40N6O3S/c1-34(2,3)43-33(42)40-30-21-26(44-31-10-5-4-9-28(31)32(41)36-25-12-13-25)14-15-27(30)29(37-40)16-11-24-22-35-39(23-24)20-8-19-38-17-6-7-18-38/h4-5,9-11,14-16,21-23,25H,6-8,12-13,17-20H2,1-3H3,(H,36,41)/b16-11+. The number of aromatic nitrogens is 4. The first-order valence-electron chi connectivity index (χ1n) is 15.5. The molecule has 2 aliphatic rings. The zero-order valence-electron chi connectivity index (χ0n) is 25.7. The molecule has 9 nitrogen and oxygen atoms in total. The lowest BCUT2D eigenvalue weighted by Gasteiger charge is -2.19. The summed E-state index contributed by atoms with van der Waals surface area (Å²) in [5, 5.41) is 13.1. The number of hydrogen-bond acceptors (Lipinski definition) is 7. The number of carbonyl (C=O) groups excluding carboxylic acids is 2. The Bertz CT molecular complexity index is 1670. The lowest BCUT2D eigenvalue weighted by molar-refractivity contribution is 0.0522. The summed E-state index contributed by atoms with van der Waals surface area (Å²) >= 11 is 1.49. The first kappa shape index (κ1) is 30.1. The molecular formula is C34H40N6O3S. The van der Waals surface area contributed by atoms with Gasteiger partial charge in [-0.15, -0.1) is 0 Å². The van der Waals surface area contributed by atoms with Crippen LogP contribution in [0.15, 0.2) is 64.6 Å². The average molecular weight is 613 g/mol. The minimum atomic E-state index is -0.672. The lowest BCUT2D eigenvalue weighted by atomic mass is 10.2. The van der Waals surface area contributed by atoms with Crippen LogP contribution in [0.5, 0.6) is 0 Å². The molecule has 1 saturated carbocycles. The molecule has 44 heavy (non-hydrogen) atoms. The predicted octanol–water partition coefficient (Wildman–Crippen LogP) is 6.72. The number of hydrogen-bond donors (Lipinski definition) is 1. The molecule has 4 aromatic rings. The third kappa shape index (κ3) is 7.60. The Labute approximate surface area is 262 Å². The van der Waals surface area contributed by atoms with E-state index in [2.05, 4.69) is 20.4 Å². The van der Waals surface area contributed by atoms with Crippen molar-refractivity contribution in [2.75, 3.05) is 19.6 Å². The quantitative estimate of drug-likeness (QED) is 0.213. The number of amides is 1. The first-order valence-corrected chi connectivity index (χ1v) is 16.3. The third-order valence-electron chi connectivity index (χ3n) is 7.67. The SMILES string of the molecule is CC(C)(C)OC(=O)n1nc(/C=C/c2cnn(CCCN3CCCC3)c2)c2ccc(Sc3ccccc3C(=O)NC3CC3)cc21. The maximum Gasteiger partial charge on any atom is 0.435 e. The number of fused-ring (bicyclic) bond motifs is 1. The number of ether oxygens (including phenoxy) is 1. The van der Waals surface area contributed by atoms with Crippen molar-refractivity contribution < 1.29 is 14.3 Å². The molecule has 230 valence electrons. The second kappa shape index (κ2) is 13.0. The molecule has 1 saturated heterocycles. The molecule has 1 N–H and O–H groups in total. The summed E-state index contributed by atoms with van der Waals surface area (Å²) in [6, 6.07) is 13.8. The van der Waals surface area contributed by atoms with Crippen LogP contribution in [0.3, 0.4) is 0 Å². The van der Waals surface area contributed by atoms with Gasteiger partial charge >= 0.3 is 6.09 Å². The molecule has 2 aromatic carbocycles. The third-order valence-corrected chi connectivity index (χ3v) is 8.73. The monoisotopic (exact) mass is 612 g/mol. The summed E-state index contributed by atoms with van der Waals surface area (Å²) in [5.41, 5.74) is 2.24. The minimum Gasteiger partial charge on any atom is -0.442 e. The minimum absolute atomic E-state index is 0.0576. The van der Waals surface area contributed by atoms with Gasteiger partial charge in [0.15, 0.2) is 0 Å². The van der Waals surface area contributed by atoms with Crippen LogP contribution in [0.25, 0.3) is 23.1 Å². The van der Waals surface area contributed by atoms with Crippen molar-refractivity contribution in [3.8, 4) is 0 Å². The van der Waals surface area contributed by atoms with Gasteiger partial charge in [0.25, 0.3) is 5.91 Å².